The van der Waals surface area contributed by atoms with Crippen LogP contribution in [0.3, 0.4) is 0 Å². The molecule has 252 valence electrons. The third kappa shape index (κ3) is 10.2. The molecule has 10 nitrogen and oxygen atoms in total. The van der Waals surface area contributed by atoms with E-state index in [0.29, 0.717) is 51.6 Å². The number of isocyanates is 1. The molecule has 2 heterocycles. The summed E-state index contributed by atoms with van der Waals surface area (Å²) in [5, 5.41) is 5.68. The van der Waals surface area contributed by atoms with Gasteiger partial charge < -0.3 is 19.3 Å². The number of amides is 2. The number of esters is 2. The van der Waals surface area contributed by atoms with Crippen LogP contribution in [0, 0.1) is 0 Å². The summed E-state index contributed by atoms with van der Waals surface area (Å²) in [7, 11) is 0. The minimum absolute atomic E-state index is 0.0445. The van der Waals surface area contributed by atoms with E-state index >= 15 is 0 Å². The van der Waals surface area contributed by atoms with Crippen molar-refractivity contribution in [3.63, 3.8) is 0 Å². The van der Waals surface area contributed by atoms with Gasteiger partial charge in [-0.3, -0.25) is 14.6 Å². The SMILES string of the molecule is CCN(CC)C(=O)N1C(C)(C)CC(OC(=O)CCCCCCCCC(=O)OC2CC(C)(C)N(N=C=O)C(C)(C)C2)CC1(C)C. The summed E-state index contributed by atoms with van der Waals surface area (Å²) in [6.45, 7) is 21.6. The van der Waals surface area contributed by atoms with Gasteiger partial charge in [0, 0.05) is 62.7 Å². The Kier molecular flexibility index (Phi) is 13.3. The van der Waals surface area contributed by atoms with Gasteiger partial charge in [0.05, 0.1) is 11.1 Å². The molecule has 0 aromatic rings. The highest BCUT2D eigenvalue weighted by atomic mass is 16.5. The molecule has 2 aliphatic rings. The van der Waals surface area contributed by atoms with Gasteiger partial charge in [0.15, 0.2) is 0 Å². The molecule has 0 N–H and O–H groups in total. The van der Waals surface area contributed by atoms with Gasteiger partial charge in [-0.25, -0.2) is 9.59 Å². The average Bonchev–Trinajstić information content (AvgIpc) is 2.86. The topological polar surface area (TPSA) is 109 Å². The van der Waals surface area contributed by atoms with Gasteiger partial charge in [-0.15, -0.1) is 0 Å². The molecule has 0 atom stereocenters. The van der Waals surface area contributed by atoms with E-state index in [1.807, 2.05) is 51.3 Å². The molecular formula is C34H60N4O6. The monoisotopic (exact) mass is 620 g/mol. The van der Waals surface area contributed by atoms with Gasteiger partial charge in [-0.1, -0.05) is 30.8 Å². The van der Waals surface area contributed by atoms with E-state index in [1.165, 1.54) is 0 Å². The van der Waals surface area contributed by atoms with Crippen molar-refractivity contribution < 1.29 is 28.7 Å². The number of ether oxygens (including phenoxy) is 2. The minimum atomic E-state index is -0.421. The Morgan fingerprint density at radius 1 is 0.682 bits per heavy atom. The van der Waals surface area contributed by atoms with Crippen LogP contribution >= 0.6 is 0 Å². The van der Waals surface area contributed by atoms with Crippen LogP contribution in [0.5, 0.6) is 0 Å². The van der Waals surface area contributed by atoms with E-state index < -0.39 is 22.2 Å². The second kappa shape index (κ2) is 15.6. The number of carbonyl (C=O) groups excluding carboxylic acids is 4. The van der Waals surface area contributed by atoms with Crippen molar-refractivity contribution in [1.82, 2.24) is 14.8 Å². The summed E-state index contributed by atoms with van der Waals surface area (Å²) in [6, 6.07) is 0.0445. The molecule has 44 heavy (non-hydrogen) atoms. The maximum absolute atomic E-state index is 13.3. The lowest BCUT2D eigenvalue weighted by molar-refractivity contribution is -0.161. The molecule has 2 saturated heterocycles. The molecule has 2 aliphatic heterocycles. The Balaban J connectivity index is 1.65. The quantitative estimate of drug-likeness (QED) is 0.0895. The number of hydrogen-bond acceptors (Lipinski definition) is 8. The zero-order valence-electron chi connectivity index (χ0n) is 29.3. The number of carbonyl (C=O) groups is 3. The van der Waals surface area contributed by atoms with Crippen molar-refractivity contribution in [1.29, 1.82) is 0 Å². The van der Waals surface area contributed by atoms with E-state index in [4.69, 9.17) is 9.47 Å². The first kappa shape index (κ1) is 37.6. The van der Waals surface area contributed by atoms with Crippen LogP contribution in [0.15, 0.2) is 5.10 Å². The van der Waals surface area contributed by atoms with Crippen LogP contribution < -0.4 is 0 Å². The Morgan fingerprint density at radius 2 is 1.05 bits per heavy atom. The van der Waals surface area contributed by atoms with Crippen molar-refractivity contribution in [3.05, 3.63) is 0 Å². The standard InChI is InChI=1S/C34H60N4O6/c1-11-36(12-2)30(42)37-31(3,4)21-26(22-32(37,5)6)43-28(40)19-17-15-13-14-16-18-20-29(41)44-27-23-33(7,8)38(35-25-39)34(9,10)24-27/h26-27H,11-24H2,1-10H3. The van der Waals surface area contributed by atoms with Crippen molar-refractivity contribution in [2.24, 2.45) is 5.10 Å². The number of piperidine rings is 2. The van der Waals surface area contributed by atoms with Gasteiger partial charge in [0.25, 0.3) is 6.08 Å². The van der Waals surface area contributed by atoms with Crippen LogP contribution in [0.4, 0.5) is 4.79 Å². The zero-order chi connectivity index (χ0) is 33.3. The molecule has 2 amide bonds. The number of hydrogen-bond donors (Lipinski definition) is 0. The van der Waals surface area contributed by atoms with Crippen LogP contribution in [0.1, 0.15) is 146 Å². The van der Waals surface area contributed by atoms with Crippen molar-refractivity contribution >= 4 is 24.0 Å². The molecule has 0 saturated carbocycles. The second-order valence-corrected chi connectivity index (χ2v) is 15.2. The third-order valence-corrected chi connectivity index (χ3v) is 9.24. The predicted molar refractivity (Wildman–Crippen MR) is 172 cm³/mol. The molecule has 2 fully saturated rings. The summed E-state index contributed by atoms with van der Waals surface area (Å²) in [6.07, 6.45) is 9.97. The summed E-state index contributed by atoms with van der Waals surface area (Å²) in [4.78, 5) is 53.2. The summed E-state index contributed by atoms with van der Waals surface area (Å²) in [5.74, 6) is -0.339. The smallest absolute Gasteiger partial charge is 0.320 e. The molecule has 0 aromatic carbocycles. The van der Waals surface area contributed by atoms with Crippen LogP contribution in [0.25, 0.3) is 0 Å². The van der Waals surface area contributed by atoms with Crippen molar-refractivity contribution in [3.8, 4) is 0 Å². The number of likely N-dealkylation sites (tertiary alicyclic amines) is 1. The highest BCUT2D eigenvalue weighted by Gasteiger charge is 2.50. The van der Waals surface area contributed by atoms with Gasteiger partial charge in [0.2, 0.25) is 0 Å². The van der Waals surface area contributed by atoms with Gasteiger partial charge in [-0.2, -0.15) is 0 Å². The normalized spacial score (nSPS) is 20.9. The number of unbranched alkanes of at least 4 members (excludes halogenated alkanes) is 5. The maximum atomic E-state index is 13.3. The first-order valence-electron chi connectivity index (χ1n) is 16.8. The highest BCUT2D eigenvalue weighted by Crippen LogP contribution is 2.41. The molecule has 0 unspecified atom stereocenters. The average molecular weight is 621 g/mol. The molecule has 0 aromatic heterocycles. The fourth-order valence-electron chi connectivity index (χ4n) is 7.73. The van der Waals surface area contributed by atoms with E-state index in [9.17, 15) is 19.2 Å². The van der Waals surface area contributed by atoms with Crippen LogP contribution in [-0.4, -0.2) is 86.3 Å². The number of hydrazone groups is 1. The van der Waals surface area contributed by atoms with E-state index in [2.05, 4.69) is 32.8 Å². The maximum Gasteiger partial charge on any atom is 0.320 e. The molecule has 0 spiro atoms. The third-order valence-electron chi connectivity index (χ3n) is 9.24. The fraction of sp³-hybridized carbons (Fsp3) is 0.882. The summed E-state index contributed by atoms with van der Waals surface area (Å²) in [5.41, 5.74) is -1.66. The van der Waals surface area contributed by atoms with Crippen molar-refractivity contribution in [2.45, 2.75) is 181 Å². The molecule has 2 rings (SSSR count). The first-order valence-corrected chi connectivity index (χ1v) is 16.8. The molecular weight excluding hydrogens is 560 g/mol. The van der Waals surface area contributed by atoms with Gasteiger partial charge in [-0.05, 0) is 82.1 Å². The molecule has 0 bridgehead atoms. The predicted octanol–water partition coefficient (Wildman–Crippen LogP) is 6.95. The summed E-state index contributed by atoms with van der Waals surface area (Å²) < 4.78 is 11.7. The minimum Gasteiger partial charge on any atom is -0.462 e. The lowest BCUT2D eigenvalue weighted by Gasteiger charge is -2.55. The molecule has 10 heteroatoms. The van der Waals surface area contributed by atoms with Crippen LogP contribution in [-0.2, 0) is 23.9 Å². The Morgan fingerprint density at radius 3 is 1.41 bits per heavy atom. The lowest BCUT2D eigenvalue weighted by Crippen LogP contribution is -2.66. The molecule has 0 radical (unpaired) electrons. The van der Waals surface area contributed by atoms with Crippen LogP contribution in [0.2, 0.25) is 0 Å². The largest absolute Gasteiger partial charge is 0.462 e. The first-order chi connectivity index (χ1) is 20.4. The summed E-state index contributed by atoms with van der Waals surface area (Å²) >= 11 is 0. The lowest BCUT2D eigenvalue weighted by atomic mass is 9.78. The zero-order valence-corrected chi connectivity index (χ0v) is 29.3. The Bertz CT molecular complexity index is 993. The number of urea groups is 1. The Labute approximate surface area is 266 Å². The Hall–Kier alpha value is -2.61. The molecule has 0 aliphatic carbocycles. The fourth-order valence-corrected chi connectivity index (χ4v) is 7.73. The van der Waals surface area contributed by atoms with E-state index in [0.717, 1.165) is 38.5 Å². The highest BCUT2D eigenvalue weighted by molar-refractivity contribution is 5.76. The second-order valence-electron chi connectivity index (χ2n) is 15.2. The van der Waals surface area contributed by atoms with Crippen molar-refractivity contribution in [2.75, 3.05) is 13.1 Å². The number of rotatable bonds is 14. The van der Waals surface area contributed by atoms with E-state index in [1.54, 1.807) is 11.1 Å². The van der Waals surface area contributed by atoms with Gasteiger partial charge >= 0.3 is 18.0 Å². The number of nitrogens with zero attached hydrogens (tertiary/aromatic N) is 4. The van der Waals surface area contributed by atoms with E-state index in [-0.39, 0.29) is 30.2 Å². The van der Waals surface area contributed by atoms with Gasteiger partial charge in [0.1, 0.15) is 12.2 Å².